The quantitative estimate of drug-likeness (QED) is 0.825. The molecule has 0 bridgehead atoms. The molecular formula is C16H26N2. The Hall–Kier alpha value is -1.02. The molecule has 2 nitrogen and oxygen atoms in total. The molecule has 18 heavy (non-hydrogen) atoms. The van der Waals surface area contributed by atoms with Crippen LogP contribution in [0.2, 0.25) is 0 Å². The fraction of sp³-hybridized carbons (Fsp3) is 0.625. The first-order valence-electron chi connectivity index (χ1n) is 7.16. The van der Waals surface area contributed by atoms with Gasteiger partial charge >= 0.3 is 0 Å². The van der Waals surface area contributed by atoms with Gasteiger partial charge in [-0.1, -0.05) is 18.2 Å². The Morgan fingerprint density at radius 3 is 2.44 bits per heavy atom. The van der Waals surface area contributed by atoms with Crippen LogP contribution in [0.25, 0.3) is 0 Å². The van der Waals surface area contributed by atoms with E-state index in [1.54, 1.807) is 0 Å². The highest BCUT2D eigenvalue weighted by molar-refractivity contribution is 5.55. The molecule has 1 N–H and O–H groups in total. The van der Waals surface area contributed by atoms with Crippen molar-refractivity contribution in [1.29, 1.82) is 0 Å². The average molecular weight is 246 g/mol. The van der Waals surface area contributed by atoms with Crippen LogP contribution in [0.15, 0.2) is 24.3 Å². The van der Waals surface area contributed by atoms with E-state index in [1.165, 1.54) is 30.6 Å². The fourth-order valence-corrected chi connectivity index (χ4v) is 2.44. The minimum absolute atomic E-state index is 0.404. The summed E-state index contributed by atoms with van der Waals surface area (Å²) in [7, 11) is 2.03. The largest absolute Gasteiger partial charge is 0.369 e. The predicted octanol–water partition coefficient (Wildman–Crippen LogP) is 3.59. The summed E-state index contributed by atoms with van der Waals surface area (Å²) in [4.78, 5) is 2.57. The molecular weight excluding hydrogens is 220 g/mol. The second-order valence-corrected chi connectivity index (χ2v) is 5.76. The average Bonchev–Trinajstić information content (AvgIpc) is 3.18. The molecule has 100 valence electrons. The van der Waals surface area contributed by atoms with Gasteiger partial charge in [0.25, 0.3) is 0 Å². The molecule has 1 aromatic carbocycles. The van der Waals surface area contributed by atoms with Crippen LogP contribution in [0.4, 0.5) is 5.69 Å². The lowest BCUT2D eigenvalue weighted by atomic mass is 10.0. The van der Waals surface area contributed by atoms with Gasteiger partial charge in [-0.25, -0.2) is 0 Å². The number of nitrogens with zero attached hydrogens (tertiary/aromatic N) is 1. The summed E-state index contributed by atoms with van der Waals surface area (Å²) >= 11 is 0. The second kappa shape index (κ2) is 5.75. The molecule has 0 spiro atoms. The molecule has 1 aliphatic rings. The summed E-state index contributed by atoms with van der Waals surface area (Å²) in [5, 5.41) is 3.36. The van der Waals surface area contributed by atoms with Crippen LogP contribution in [0.5, 0.6) is 0 Å². The third kappa shape index (κ3) is 3.05. The third-order valence-corrected chi connectivity index (χ3v) is 3.92. The second-order valence-electron chi connectivity index (χ2n) is 5.76. The standard InChI is InChI=1S/C16H26N2/c1-12(2)18(11-14-9-10-14)16-8-6-5-7-15(16)13(3)17-4/h5-8,12-14,17H,9-11H2,1-4H3. The van der Waals surface area contributed by atoms with E-state index in [4.69, 9.17) is 0 Å². The van der Waals surface area contributed by atoms with Crippen LogP contribution in [0.3, 0.4) is 0 Å². The smallest absolute Gasteiger partial charge is 0.0417 e. The maximum atomic E-state index is 3.36. The first-order chi connectivity index (χ1) is 8.63. The number of para-hydroxylation sites is 1. The maximum absolute atomic E-state index is 3.36. The van der Waals surface area contributed by atoms with Crippen molar-refractivity contribution in [3.63, 3.8) is 0 Å². The Bertz CT molecular complexity index is 382. The van der Waals surface area contributed by atoms with Crippen molar-refractivity contribution < 1.29 is 0 Å². The topological polar surface area (TPSA) is 15.3 Å². The van der Waals surface area contributed by atoms with Crippen molar-refractivity contribution in [3.8, 4) is 0 Å². The number of anilines is 1. The SMILES string of the molecule is CNC(C)c1ccccc1N(CC1CC1)C(C)C. The van der Waals surface area contributed by atoms with Gasteiger partial charge in [0.15, 0.2) is 0 Å². The zero-order valence-corrected chi connectivity index (χ0v) is 12.1. The van der Waals surface area contributed by atoms with E-state index in [0.717, 1.165) is 5.92 Å². The molecule has 0 amide bonds. The molecule has 0 heterocycles. The molecule has 1 aromatic rings. The highest BCUT2D eigenvalue weighted by atomic mass is 15.2. The van der Waals surface area contributed by atoms with E-state index >= 15 is 0 Å². The first-order valence-corrected chi connectivity index (χ1v) is 7.16. The van der Waals surface area contributed by atoms with Gasteiger partial charge in [-0.3, -0.25) is 0 Å². The molecule has 1 aliphatic carbocycles. The van der Waals surface area contributed by atoms with Crippen molar-refractivity contribution in [2.45, 2.75) is 45.7 Å². The van der Waals surface area contributed by atoms with E-state index in [9.17, 15) is 0 Å². The van der Waals surface area contributed by atoms with E-state index in [-0.39, 0.29) is 0 Å². The number of hydrogen-bond acceptors (Lipinski definition) is 2. The summed E-state index contributed by atoms with van der Waals surface area (Å²) in [6.07, 6.45) is 2.82. The van der Waals surface area contributed by atoms with Gasteiger partial charge < -0.3 is 10.2 Å². The van der Waals surface area contributed by atoms with Crippen LogP contribution < -0.4 is 10.2 Å². The van der Waals surface area contributed by atoms with E-state index in [0.29, 0.717) is 12.1 Å². The van der Waals surface area contributed by atoms with Crippen molar-refractivity contribution in [1.82, 2.24) is 5.32 Å². The summed E-state index contributed by atoms with van der Waals surface area (Å²) in [5.41, 5.74) is 2.82. The van der Waals surface area contributed by atoms with Crippen molar-refractivity contribution in [2.24, 2.45) is 5.92 Å². The molecule has 1 atom stereocenters. The molecule has 0 aromatic heterocycles. The Labute approximate surface area is 111 Å². The predicted molar refractivity (Wildman–Crippen MR) is 79.1 cm³/mol. The molecule has 1 saturated carbocycles. The van der Waals surface area contributed by atoms with Crippen LogP contribution in [0, 0.1) is 5.92 Å². The lowest BCUT2D eigenvalue weighted by Crippen LogP contribution is -2.34. The van der Waals surface area contributed by atoms with Crippen LogP contribution >= 0.6 is 0 Å². The highest BCUT2D eigenvalue weighted by Crippen LogP contribution is 2.34. The van der Waals surface area contributed by atoms with E-state index in [2.05, 4.69) is 55.3 Å². The molecule has 2 rings (SSSR count). The van der Waals surface area contributed by atoms with Gasteiger partial charge in [0.1, 0.15) is 0 Å². The molecule has 2 heteroatoms. The first kappa shape index (κ1) is 13.4. The zero-order chi connectivity index (χ0) is 13.1. The van der Waals surface area contributed by atoms with Crippen molar-refractivity contribution in [3.05, 3.63) is 29.8 Å². The summed E-state index contributed by atoms with van der Waals surface area (Å²) in [5.74, 6) is 0.922. The molecule has 0 radical (unpaired) electrons. The Balaban J connectivity index is 2.27. The zero-order valence-electron chi connectivity index (χ0n) is 12.1. The lowest BCUT2D eigenvalue weighted by Gasteiger charge is -2.32. The Morgan fingerprint density at radius 2 is 1.89 bits per heavy atom. The number of benzene rings is 1. The van der Waals surface area contributed by atoms with Gasteiger partial charge in [-0.05, 0) is 58.2 Å². The van der Waals surface area contributed by atoms with Gasteiger partial charge in [0.2, 0.25) is 0 Å². The van der Waals surface area contributed by atoms with Gasteiger partial charge in [0.05, 0.1) is 0 Å². The molecule has 0 saturated heterocycles. The minimum atomic E-state index is 0.404. The summed E-state index contributed by atoms with van der Waals surface area (Å²) in [6.45, 7) is 8.03. The number of nitrogens with one attached hydrogen (secondary N) is 1. The number of hydrogen-bond donors (Lipinski definition) is 1. The molecule has 1 fully saturated rings. The van der Waals surface area contributed by atoms with E-state index < -0.39 is 0 Å². The maximum Gasteiger partial charge on any atom is 0.0417 e. The monoisotopic (exact) mass is 246 g/mol. The van der Waals surface area contributed by atoms with Crippen molar-refractivity contribution >= 4 is 5.69 Å². The normalized spacial score (nSPS) is 16.9. The van der Waals surface area contributed by atoms with Gasteiger partial charge in [-0.2, -0.15) is 0 Å². The van der Waals surface area contributed by atoms with Gasteiger partial charge in [-0.15, -0.1) is 0 Å². The highest BCUT2D eigenvalue weighted by Gasteiger charge is 2.27. The number of rotatable bonds is 6. The summed E-state index contributed by atoms with van der Waals surface area (Å²) in [6, 6.07) is 9.79. The Kier molecular flexibility index (Phi) is 4.28. The van der Waals surface area contributed by atoms with Crippen LogP contribution in [-0.4, -0.2) is 19.6 Å². The molecule has 0 aliphatic heterocycles. The lowest BCUT2D eigenvalue weighted by molar-refractivity contribution is 0.617. The van der Waals surface area contributed by atoms with Crippen molar-refractivity contribution in [2.75, 3.05) is 18.5 Å². The Morgan fingerprint density at radius 1 is 1.22 bits per heavy atom. The molecule has 1 unspecified atom stereocenters. The van der Waals surface area contributed by atoms with Crippen LogP contribution in [-0.2, 0) is 0 Å². The fourth-order valence-electron chi connectivity index (χ4n) is 2.44. The van der Waals surface area contributed by atoms with Crippen LogP contribution in [0.1, 0.15) is 45.2 Å². The third-order valence-electron chi connectivity index (χ3n) is 3.92. The van der Waals surface area contributed by atoms with Gasteiger partial charge in [0, 0.05) is 24.3 Å². The summed E-state index contributed by atoms with van der Waals surface area (Å²) < 4.78 is 0. The van der Waals surface area contributed by atoms with E-state index in [1.807, 2.05) is 7.05 Å². The minimum Gasteiger partial charge on any atom is -0.369 e.